The molecule has 1 aliphatic rings. The molecule has 2 aromatic heterocycles. The third-order valence-electron chi connectivity index (χ3n) is 4.70. The molecule has 4 rings (SSSR count). The average Bonchev–Trinajstić information content (AvgIpc) is 3.31. The van der Waals surface area contributed by atoms with Crippen LogP contribution in [0.2, 0.25) is 0 Å². The molecule has 0 saturated carbocycles. The van der Waals surface area contributed by atoms with E-state index in [0.717, 1.165) is 25.1 Å². The van der Waals surface area contributed by atoms with E-state index < -0.39 is 0 Å². The minimum atomic E-state index is 0.709. The molecule has 0 radical (unpaired) electrons. The summed E-state index contributed by atoms with van der Waals surface area (Å²) >= 11 is 1.91. The normalized spacial score (nSPS) is 14.6. The predicted octanol–water partition coefficient (Wildman–Crippen LogP) is 3.63. The summed E-state index contributed by atoms with van der Waals surface area (Å²) in [5.74, 6) is 0.709. The molecule has 5 nitrogen and oxygen atoms in total. The first kappa shape index (κ1) is 16.4. The predicted molar refractivity (Wildman–Crippen MR) is 100 cm³/mol. The van der Waals surface area contributed by atoms with Crippen LogP contribution in [0, 0.1) is 0 Å². The summed E-state index contributed by atoms with van der Waals surface area (Å²) in [5.41, 5.74) is 2.56. The van der Waals surface area contributed by atoms with Crippen LogP contribution >= 0.6 is 11.3 Å². The van der Waals surface area contributed by atoms with Gasteiger partial charge in [-0.25, -0.2) is 0 Å². The van der Waals surface area contributed by atoms with Gasteiger partial charge >= 0.3 is 0 Å². The third kappa shape index (κ3) is 4.14. The monoisotopic (exact) mass is 353 g/mol. The molecular formula is C19H23N5S. The van der Waals surface area contributed by atoms with Gasteiger partial charge in [0.15, 0.2) is 0 Å². The molecule has 0 saturated heterocycles. The number of benzene rings is 1. The molecule has 0 N–H and O–H groups in total. The van der Waals surface area contributed by atoms with E-state index in [9.17, 15) is 0 Å². The van der Waals surface area contributed by atoms with E-state index in [1.807, 2.05) is 41.7 Å². The van der Waals surface area contributed by atoms with E-state index in [1.165, 1.54) is 37.9 Å². The van der Waals surface area contributed by atoms with Gasteiger partial charge in [0.25, 0.3) is 0 Å². The molecule has 0 bridgehead atoms. The number of rotatable bonds is 7. The Hall–Kier alpha value is -2.05. The number of aromatic nitrogens is 4. The van der Waals surface area contributed by atoms with E-state index in [0.29, 0.717) is 5.82 Å². The lowest BCUT2D eigenvalue weighted by Crippen LogP contribution is -2.30. The minimum Gasteiger partial charge on any atom is -0.299 e. The fraction of sp³-hybridized carbons (Fsp3) is 0.421. The van der Waals surface area contributed by atoms with Crippen LogP contribution in [0.1, 0.15) is 29.7 Å². The van der Waals surface area contributed by atoms with Crippen molar-refractivity contribution >= 4 is 11.3 Å². The maximum atomic E-state index is 4.47. The Balaban J connectivity index is 1.17. The van der Waals surface area contributed by atoms with Crippen molar-refractivity contribution in [2.75, 3.05) is 13.1 Å². The Morgan fingerprint density at radius 1 is 1.00 bits per heavy atom. The van der Waals surface area contributed by atoms with Crippen molar-refractivity contribution in [1.82, 2.24) is 25.1 Å². The summed E-state index contributed by atoms with van der Waals surface area (Å²) in [6, 6.07) is 12.3. The van der Waals surface area contributed by atoms with Crippen LogP contribution in [0.3, 0.4) is 0 Å². The second-order valence-corrected chi connectivity index (χ2v) is 7.53. The van der Waals surface area contributed by atoms with Crippen LogP contribution in [0.25, 0.3) is 11.4 Å². The van der Waals surface area contributed by atoms with Crippen molar-refractivity contribution in [3.05, 3.63) is 52.2 Å². The van der Waals surface area contributed by atoms with E-state index in [2.05, 4.69) is 31.8 Å². The van der Waals surface area contributed by atoms with E-state index in [4.69, 9.17) is 0 Å². The number of hydrogen-bond acceptors (Lipinski definition) is 5. The van der Waals surface area contributed by atoms with Gasteiger partial charge in [-0.05, 0) is 48.0 Å². The highest BCUT2D eigenvalue weighted by Crippen LogP contribution is 2.24. The largest absolute Gasteiger partial charge is 0.299 e. The summed E-state index contributed by atoms with van der Waals surface area (Å²) in [6.07, 6.45) is 4.76. The third-order valence-corrected chi connectivity index (χ3v) is 5.73. The van der Waals surface area contributed by atoms with Gasteiger partial charge < -0.3 is 0 Å². The van der Waals surface area contributed by atoms with Crippen LogP contribution in [0.5, 0.6) is 0 Å². The Bertz CT molecular complexity index is 795. The quantitative estimate of drug-likeness (QED) is 0.609. The molecule has 0 atom stereocenters. The Morgan fingerprint density at radius 2 is 1.88 bits per heavy atom. The van der Waals surface area contributed by atoms with Crippen molar-refractivity contribution in [1.29, 1.82) is 0 Å². The number of unbranched alkanes of at least 4 members (excludes halogenated alkanes) is 2. The lowest BCUT2D eigenvalue weighted by atomic mass is 10.1. The summed E-state index contributed by atoms with van der Waals surface area (Å²) in [5, 5.41) is 15.0. The van der Waals surface area contributed by atoms with Crippen LogP contribution in [-0.4, -0.2) is 38.2 Å². The molecule has 25 heavy (non-hydrogen) atoms. The fourth-order valence-electron chi connectivity index (χ4n) is 3.30. The summed E-state index contributed by atoms with van der Waals surface area (Å²) in [4.78, 5) is 5.89. The van der Waals surface area contributed by atoms with Crippen molar-refractivity contribution in [3.63, 3.8) is 0 Å². The Morgan fingerprint density at radius 3 is 2.80 bits per heavy atom. The highest BCUT2D eigenvalue weighted by Gasteiger charge is 2.16. The minimum absolute atomic E-state index is 0.709. The van der Waals surface area contributed by atoms with E-state index in [-0.39, 0.29) is 0 Å². The van der Waals surface area contributed by atoms with Crippen molar-refractivity contribution < 1.29 is 0 Å². The standard InChI is InChI=1S/C19H23N5S/c1-3-7-16(8-4-1)19-20-22-24(21-19)12-6-2-5-11-23-13-9-18-17(15-23)10-14-25-18/h1,3-4,7-8,10,14H,2,5-6,9,11-13,15H2. The molecule has 0 unspecified atom stereocenters. The first-order valence-electron chi connectivity index (χ1n) is 8.99. The topological polar surface area (TPSA) is 46.8 Å². The molecule has 130 valence electrons. The van der Waals surface area contributed by atoms with Gasteiger partial charge in [0.05, 0.1) is 6.54 Å². The zero-order chi connectivity index (χ0) is 16.9. The summed E-state index contributed by atoms with van der Waals surface area (Å²) in [6.45, 7) is 4.37. The summed E-state index contributed by atoms with van der Waals surface area (Å²) < 4.78 is 0. The lowest BCUT2D eigenvalue weighted by Gasteiger charge is -2.26. The molecule has 0 fully saturated rings. The first-order chi connectivity index (χ1) is 12.4. The van der Waals surface area contributed by atoms with Crippen molar-refractivity contribution in [3.8, 4) is 11.4 Å². The molecule has 0 aliphatic carbocycles. The van der Waals surface area contributed by atoms with E-state index in [1.54, 1.807) is 9.67 Å². The zero-order valence-electron chi connectivity index (χ0n) is 14.3. The van der Waals surface area contributed by atoms with Crippen molar-refractivity contribution in [2.45, 2.75) is 38.8 Å². The molecule has 6 heteroatoms. The SMILES string of the molecule is c1ccc(-c2nnn(CCCCCN3CCc4sccc4C3)n2)cc1. The van der Waals surface area contributed by atoms with Gasteiger partial charge in [-0.3, -0.25) is 4.90 Å². The second kappa shape index (κ2) is 7.89. The maximum Gasteiger partial charge on any atom is 0.204 e. The van der Waals surface area contributed by atoms with E-state index >= 15 is 0 Å². The number of nitrogens with zero attached hydrogens (tertiary/aromatic N) is 5. The van der Waals surface area contributed by atoms with Gasteiger partial charge in [-0.15, -0.1) is 21.5 Å². The number of aryl methyl sites for hydroxylation is 1. The molecule has 0 spiro atoms. The highest BCUT2D eigenvalue weighted by atomic mass is 32.1. The van der Waals surface area contributed by atoms with Gasteiger partial charge in [0, 0.05) is 23.5 Å². The highest BCUT2D eigenvalue weighted by molar-refractivity contribution is 7.10. The van der Waals surface area contributed by atoms with Gasteiger partial charge in [0.2, 0.25) is 5.82 Å². The number of hydrogen-bond donors (Lipinski definition) is 0. The van der Waals surface area contributed by atoms with Crippen LogP contribution in [0.4, 0.5) is 0 Å². The fourth-order valence-corrected chi connectivity index (χ4v) is 4.19. The van der Waals surface area contributed by atoms with Crippen LogP contribution < -0.4 is 0 Å². The average molecular weight is 353 g/mol. The smallest absolute Gasteiger partial charge is 0.204 e. The first-order valence-corrected chi connectivity index (χ1v) is 9.87. The molecule has 0 amide bonds. The van der Waals surface area contributed by atoms with Crippen LogP contribution in [-0.2, 0) is 19.5 Å². The molecule has 3 aromatic rings. The second-order valence-electron chi connectivity index (χ2n) is 6.53. The maximum absolute atomic E-state index is 4.47. The molecule has 1 aromatic carbocycles. The summed E-state index contributed by atoms with van der Waals surface area (Å²) in [7, 11) is 0. The number of fused-ring (bicyclic) bond motifs is 1. The van der Waals surface area contributed by atoms with Crippen LogP contribution in [0.15, 0.2) is 41.8 Å². The zero-order valence-corrected chi connectivity index (χ0v) is 15.2. The molecule has 3 heterocycles. The van der Waals surface area contributed by atoms with Gasteiger partial charge in [-0.1, -0.05) is 36.8 Å². The van der Waals surface area contributed by atoms with Gasteiger partial charge in [-0.2, -0.15) is 4.80 Å². The Labute approximate surface area is 152 Å². The lowest BCUT2D eigenvalue weighted by molar-refractivity contribution is 0.249. The number of thiophene rings is 1. The Kier molecular flexibility index (Phi) is 5.18. The van der Waals surface area contributed by atoms with Gasteiger partial charge in [0.1, 0.15) is 0 Å². The number of tetrazole rings is 1. The molecule has 1 aliphatic heterocycles. The molecular weight excluding hydrogens is 330 g/mol. The van der Waals surface area contributed by atoms with Crippen molar-refractivity contribution in [2.24, 2.45) is 0 Å².